The lowest BCUT2D eigenvalue weighted by molar-refractivity contribution is -0.132. The van der Waals surface area contributed by atoms with Crippen molar-refractivity contribution in [2.75, 3.05) is 26.4 Å². The Bertz CT molecular complexity index is 319. The molecule has 3 rings (SSSR count). The molecule has 2 aliphatic carbocycles. The van der Waals surface area contributed by atoms with Crippen molar-refractivity contribution in [1.82, 2.24) is 5.32 Å². The van der Waals surface area contributed by atoms with Crippen LogP contribution in [0.5, 0.6) is 0 Å². The van der Waals surface area contributed by atoms with Crippen LogP contribution in [0.1, 0.15) is 58.8 Å². The topological polar surface area (TPSA) is 30.5 Å². The third-order valence-electron chi connectivity index (χ3n) is 6.16. The van der Waals surface area contributed by atoms with E-state index in [1.165, 1.54) is 44.9 Å². The van der Waals surface area contributed by atoms with Crippen molar-refractivity contribution < 1.29 is 9.47 Å². The highest BCUT2D eigenvalue weighted by Gasteiger charge is 2.56. The highest BCUT2D eigenvalue weighted by molar-refractivity contribution is 5.10. The number of nitrogens with one attached hydrogen (secondary N) is 1. The summed E-state index contributed by atoms with van der Waals surface area (Å²) in [5.41, 5.74) is 0.909. The standard InChI is InChI=1S/C17H31NO2/c1-3-20-15-12-14(17(15)6-4-5-7-17)18-13-16(2)8-10-19-11-9-16/h14-15,18H,3-13H2,1-2H3. The Morgan fingerprint density at radius 1 is 1.15 bits per heavy atom. The highest BCUT2D eigenvalue weighted by atomic mass is 16.5. The fraction of sp³-hybridized carbons (Fsp3) is 1.00. The summed E-state index contributed by atoms with van der Waals surface area (Å²) in [5.74, 6) is 0. The van der Waals surface area contributed by atoms with Gasteiger partial charge in [0.25, 0.3) is 0 Å². The first-order valence-corrected chi connectivity index (χ1v) is 8.61. The van der Waals surface area contributed by atoms with Gasteiger partial charge in [-0.1, -0.05) is 19.8 Å². The summed E-state index contributed by atoms with van der Waals surface area (Å²) in [6, 6.07) is 0.696. The molecule has 2 saturated carbocycles. The molecule has 1 spiro atoms. The minimum Gasteiger partial charge on any atom is -0.381 e. The zero-order chi connectivity index (χ0) is 14.1. The molecule has 3 fully saturated rings. The molecule has 0 amide bonds. The molecule has 0 aromatic carbocycles. The van der Waals surface area contributed by atoms with Gasteiger partial charge in [-0.15, -0.1) is 0 Å². The van der Waals surface area contributed by atoms with Gasteiger partial charge in [-0.05, 0) is 44.4 Å². The minimum absolute atomic E-state index is 0.439. The van der Waals surface area contributed by atoms with Gasteiger partial charge in [-0.2, -0.15) is 0 Å². The Hall–Kier alpha value is -0.120. The molecule has 116 valence electrons. The molecule has 0 bridgehead atoms. The summed E-state index contributed by atoms with van der Waals surface area (Å²) in [6.45, 7) is 8.45. The van der Waals surface area contributed by atoms with Gasteiger partial charge in [0.15, 0.2) is 0 Å². The fourth-order valence-electron chi connectivity index (χ4n) is 4.58. The van der Waals surface area contributed by atoms with Gasteiger partial charge in [-0.3, -0.25) is 0 Å². The Labute approximate surface area is 123 Å². The van der Waals surface area contributed by atoms with E-state index in [1.54, 1.807) is 0 Å². The lowest BCUT2D eigenvalue weighted by Crippen LogP contribution is -2.63. The summed E-state index contributed by atoms with van der Waals surface area (Å²) >= 11 is 0. The van der Waals surface area contributed by atoms with Gasteiger partial charge in [-0.25, -0.2) is 0 Å². The summed E-state index contributed by atoms with van der Waals surface area (Å²) < 4.78 is 11.5. The van der Waals surface area contributed by atoms with Crippen molar-refractivity contribution in [3.05, 3.63) is 0 Å². The molecule has 3 nitrogen and oxygen atoms in total. The summed E-state index contributed by atoms with van der Waals surface area (Å²) in [5, 5.41) is 3.91. The second-order valence-electron chi connectivity index (χ2n) is 7.48. The van der Waals surface area contributed by atoms with E-state index in [0.29, 0.717) is 23.0 Å². The van der Waals surface area contributed by atoms with E-state index in [1.807, 2.05) is 0 Å². The van der Waals surface area contributed by atoms with Crippen molar-refractivity contribution >= 4 is 0 Å². The smallest absolute Gasteiger partial charge is 0.0661 e. The third kappa shape index (κ3) is 2.65. The van der Waals surface area contributed by atoms with Gasteiger partial charge in [0.2, 0.25) is 0 Å². The quantitative estimate of drug-likeness (QED) is 0.840. The average molecular weight is 281 g/mol. The minimum atomic E-state index is 0.439. The largest absolute Gasteiger partial charge is 0.381 e. The molecule has 2 unspecified atom stereocenters. The normalized spacial score (nSPS) is 35.1. The first-order valence-electron chi connectivity index (χ1n) is 8.61. The van der Waals surface area contributed by atoms with Crippen LogP contribution < -0.4 is 5.32 Å². The number of hydrogen-bond acceptors (Lipinski definition) is 3. The molecule has 20 heavy (non-hydrogen) atoms. The third-order valence-corrected chi connectivity index (χ3v) is 6.16. The highest BCUT2D eigenvalue weighted by Crippen LogP contribution is 2.54. The molecule has 1 N–H and O–H groups in total. The van der Waals surface area contributed by atoms with Crippen LogP contribution in [0.2, 0.25) is 0 Å². The van der Waals surface area contributed by atoms with E-state index in [-0.39, 0.29) is 0 Å². The Morgan fingerprint density at radius 3 is 2.50 bits per heavy atom. The maximum atomic E-state index is 6.00. The Kier molecular flexibility index (Phi) is 4.40. The molecular weight excluding hydrogens is 250 g/mol. The Balaban J connectivity index is 1.55. The molecule has 1 aliphatic heterocycles. The van der Waals surface area contributed by atoms with Crippen LogP contribution in [0.25, 0.3) is 0 Å². The Morgan fingerprint density at radius 2 is 1.85 bits per heavy atom. The van der Waals surface area contributed by atoms with Crippen molar-refractivity contribution in [3.63, 3.8) is 0 Å². The van der Waals surface area contributed by atoms with E-state index >= 15 is 0 Å². The molecule has 0 aromatic rings. The zero-order valence-electron chi connectivity index (χ0n) is 13.2. The zero-order valence-corrected chi connectivity index (χ0v) is 13.2. The van der Waals surface area contributed by atoms with E-state index in [4.69, 9.17) is 9.47 Å². The molecule has 0 radical (unpaired) electrons. The molecule has 1 saturated heterocycles. The van der Waals surface area contributed by atoms with Crippen molar-refractivity contribution in [2.24, 2.45) is 10.8 Å². The lowest BCUT2D eigenvalue weighted by Gasteiger charge is -2.55. The average Bonchev–Trinajstić information content (AvgIpc) is 2.95. The van der Waals surface area contributed by atoms with Crippen molar-refractivity contribution in [1.29, 1.82) is 0 Å². The number of rotatable bonds is 5. The lowest BCUT2D eigenvalue weighted by atomic mass is 9.60. The van der Waals surface area contributed by atoms with Gasteiger partial charge in [0.05, 0.1) is 6.10 Å². The summed E-state index contributed by atoms with van der Waals surface area (Å²) in [4.78, 5) is 0. The molecule has 0 aromatic heterocycles. The van der Waals surface area contributed by atoms with E-state index in [9.17, 15) is 0 Å². The van der Waals surface area contributed by atoms with Crippen molar-refractivity contribution in [3.8, 4) is 0 Å². The van der Waals surface area contributed by atoms with Gasteiger partial charge < -0.3 is 14.8 Å². The second kappa shape index (κ2) is 5.94. The predicted molar refractivity (Wildman–Crippen MR) is 80.9 cm³/mol. The van der Waals surface area contributed by atoms with E-state index < -0.39 is 0 Å². The maximum Gasteiger partial charge on any atom is 0.0661 e. The summed E-state index contributed by atoms with van der Waals surface area (Å²) in [7, 11) is 0. The van der Waals surface area contributed by atoms with Crippen LogP contribution in [0.3, 0.4) is 0 Å². The van der Waals surface area contributed by atoms with E-state index in [2.05, 4.69) is 19.2 Å². The second-order valence-corrected chi connectivity index (χ2v) is 7.48. The van der Waals surface area contributed by atoms with Crippen LogP contribution in [0, 0.1) is 10.8 Å². The summed E-state index contributed by atoms with van der Waals surface area (Å²) in [6.07, 6.45) is 9.68. The van der Waals surface area contributed by atoms with Crippen LogP contribution in [-0.2, 0) is 9.47 Å². The first-order chi connectivity index (χ1) is 9.69. The molecule has 1 heterocycles. The molecular formula is C17H31NO2. The van der Waals surface area contributed by atoms with Crippen molar-refractivity contribution in [2.45, 2.75) is 70.9 Å². The number of ether oxygens (including phenoxy) is 2. The van der Waals surface area contributed by atoms with Gasteiger partial charge in [0, 0.05) is 37.8 Å². The van der Waals surface area contributed by atoms with Gasteiger partial charge >= 0.3 is 0 Å². The SMILES string of the molecule is CCOC1CC(NCC2(C)CCOCC2)C12CCCC2. The van der Waals surface area contributed by atoms with Crippen LogP contribution in [0.15, 0.2) is 0 Å². The monoisotopic (exact) mass is 281 g/mol. The molecule has 2 atom stereocenters. The maximum absolute atomic E-state index is 6.00. The fourth-order valence-corrected chi connectivity index (χ4v) is 4.58. The van der Waals surface area contributed by atoms with Crippen LogP contribution in [0.4, 0.5) is 0 Å². The van der Waals surface area contributed by atoms with Crippen LogP contribution >= 0.6 is 0 Å². The van der Waals surface area contributed by atoms with E-state index in [0.717, 1.165) is 26.4 Å². The molecule has 3 heteroatoms. The number of hydrogen-bond donors (Lipinski definition) is 1. The predicted octanol–water partition coefficient (Wildman–Crippen LogP) is 3.13. The van der Waals surface area contributed by atoms with Crippen LogP contribution in [-0.4, -0.2) is 38.5 Å². The van der Waals surface area contributed by atoms with Gasteiger partial charge in [0.1, 0.15) is 0 Å². The molecule has 3 aliphatic rings. The first kappa shape index (κ1) is 14.8.